The number of piperazine rings is 1. The van der Waals surface area contributed by atoms with Gasteiger partial charge in [0.25, 0.3) is 0 Å². The van der Waals surface area contributed by atoms with E-state index in [1.54, 1.807) is 13.2 Å². The number of methoxy groups -OCH3 is 1. The molecule has 1 fully saturated rings. The number of nitrogens with zero attached hydrogens (tertiary/aromatic N) is 4. The molecule has 182 valence electrons. The van der Waals surface area contributed by atoms with Crippen molar-refractivity contribution in [2.75, 3.05) is 38.3 Å². The van der Waals surface area contributed by atoms with Crippen LogP contribution < -0.4 is 4.90 Å². The molecule has 0 N–H and O–H groups in total. The third kappa shape index (κ3) is 5.50. The molecule has 0 spiro atoms. The fourth-order valence-corrected chi connectivity index (χ4v) is 4.20. The van der Waals surface area contributed by atoms with Crippen LogP contribution in [0, 0.1) is 11.3 Å². The van der Waals surface area contributed by atoms with Crippen LogP contribution in [0.2, 0.25) is 0 Å². The van der Waals surface area contributed by atoms with E-state index >= 15 is 0 Å². The summed E-state index contributed by atoms with van der Waals surface area (Å²) in [5.41, 5.74) is 1.56. The largest absolute Gasteiger partial charge is 0.416 e. The van der Waals surface area contributed by atoms with Crippen molar-refractivity contribution in [2.45, 2.75) is 45.3 Å². The molecule has 0 radical (unpaired) electrons. The Kier molecular flexibility index (Phi) is 7.82. The van der Waals surface area contributed by atoms with Crippen LogP contribution in [-0.2, 0) is 15.7 Å². The van der Waals surface area contributed by atoms with Crippen molar-refractivity contribution in [2.24, 2.45) is 0 Å². The van der Waals surface area contributed by atoms with E-state index < -0.39 is 11.7 Å². The van der Waals surface area contributed by atoms with Crippen LogP contribution in [0.25, 0.3) is 11.1 Å². The van der Waals surface area contributed by atoms with E-state index in [4.69, 9.17) is 9.72 Å². The Morgan fingerprint density at radius 2 is 1.94 bits per heavy atom. The second-order valence-corrected chi connectivity index (χ2v) is 8.76. The van der Waals surface area contributed by atoms with Gasteiger partial charge in [0, 0.05) is 38.3 Å². The first-order valence-corrected chi connectivity index (χ1v) is 11.2. The summed E-state index contributed by atoms with van der Waals surface area (Å²) in [6, 6.07) is 8.76. The number of nitriles is 1. The van der Waals surface area contributed by atoms with Crippen molar-refractivity contribution in [3.05, 3.63) is 47.2 Å². The number of hydrogen-bond acceptors (Lipinski definition) is 5. The molecule has 6 nitrogen and oxygen atoms in total. The van der Waals surface area contributed by atoms with E-state index in [-0.39, 0.29) is 17.9 Å². The Bertz CT molecular complexity index is 1060. The van der Waals surface area contributed by atoms with Gasteiger partial charge in [0.2, 0.25) is 5.91 Å². The summed E-state index contributed by atoms with van der Waals surface area (Å²) < 4.78 is 44.0. The predicted octanol–water partition coefficient (Wildman–Crippen LogP) is 4.84. The standard InChI is InChI=1S/C25H29F3N4O2/c1-16(2)23-21(18-5-7-20(8-6-18)25(26,27)28)13-19(14-29)24(30-23)31-10-11-32(17(3)15-31)22(33)9-12-34-4/h5-8,13,16-17H,9-12,15H2,1-4H3/t17-/m1/s1. The minimum Gasteiger partial charge on any atom is -0.384 e. The zero-order valence-corrected chi connectivity index (χ0v) is 19.8. The molecule has 1 saturated heterocycles. The molecule has 0 saturated carbocycles. The Hall–Kier alpha value is -3.12. The summed E-state index contributed by atoms with van der Waals surface area (Å²) in [6.45, 7) is 7.81. The number of carbonyl (C=O) groups excluding carboxylic acids is 1. The maximum absolute atomic E-state index is 13.0. The second kappa shape index (κ2) is 10.4. The van der Waals surface area contributed by atoms with Crippen molar-refractivity contribution >= 4 is 11.7 Å². The van der Waals surface area contributed by atoms with E-state index in [9.17, 15) is 23.2 Å². The molecule has 0 unspecified atom stereocenters. The third-order valence-corrected chi connectivity index (χ3v) is 5.99. The summed E-state index contributed by atoms with van der Waals surface area (Å²) in [5, 5.41) is 9.86. The zero-order valence-electron chi connectivity index (χ0n) is 19.8. The summed E-state index contributed by atoms with van der Waals surface area (Å²) in [5.74, 6) is 0.554. The summed E-state index contributed by atoms with van der Waals surface area (Å²) in [7, 11) is 1.56. The van der Waals surface area contributed by atoms with E-state index in [0.717, 1.165) is 12.1 Å². The molecule has 1 aliphatic rings. The smallest absolute Gasteiger partial charge is 0.384 e. The van der Waals surface area contributed by atoms with Crippen LogP contribution in [0.4, 0.5) is 19.0 Å². The topological polar surface area (TPSA) is 69.5 Å². The van der Waals surface area contributed by atoms with Gasteiger partial charge in [0.15, 0.2) is 0 Å². The van der Waals surface area contributed by atoms with Crippen molar-refractivity contribution in [3.8, 4) is 17.2 Å². The van der Waals surface area contributed by atoms with E-state index in [0.29, 0.717) is 60.9 Å². The van der Waals surface area contributed by atoms with Crippen molar-refractivity contribution in [1.29, 1.82) is 5.26 Å². The number of ether oxygens (including phenoxy) is 1. The average Bonchev–Trinajstić information content (AvgIpc) is 2.81. The number of hydrogen-bond donors (Lipinski definition) is 0. The lowest BCUT2D eigenvalue weighted by molar-refractivity contribution is -0.137. The summed E-state index contributed by atoms with van der Waals surface area (Å²) in [6.07, 6.45) is -4.09. The highest BCUT2D eigenvalue weighted by Gasteiger charge is 2.31. The lowest BCUT2D eigenvalue weighted by Crippen LogP contribution is -2.54. The van der Waals surface area contributed by atoms with Gasteiger partial charge in [0.1, 0.15) is 11.9 Å². The quantitative estimate of drug-likeness (QED) is 0.600. The molecule has 1 aliphatic heterocycles. The van der Waals surface area contributed by atoms with Gasteiger partial charge in [-0.3, -0.25) is 4.79 Å². The number of aromatic nitrogens is 1. The van der Waals surface area contributed by atoms with Crippen LogP contribution in [0.5, 0.6) is 0 Å². The van der Waals surface area contributed by atoms with Crippen molar-refractivity contribution in [3.63, 3.8) is 0 Å². The number of carbonyl (C=O) groups is 1. The van der Waals surface area contributed by atoms with E-state index in [1.165, 1.54) is 12.1 Å². The highest BCUT2D eigenvalue weighted by molar-refractivity contribution is 5.77. The molecule has 1 amide bonds. The number of pyridine rings is 1. The van der Waals surface area contributed by atoms with Gasteiger partial charge in [-0.25, -0.2) is 4.98 Å². The highest BCUT2D eigenvalue weighted by Crippen LogP contribution is 2.35. The normalized spacial score (nSPS) is 16.6. The third-order valence-electron chi connectivity index (χ3n) is 5.99. The van der Waals surface area contributed by atoms with Crippen LogP contribution in [0.15, 0.2) is 30.3 Å². The molecule has 1 aromatic heterocycles. The monoisotopic (exact) mass is 474 g/mol. The predicted molar refractivity (Wildman–Crippen MR) is 123 cm³/mol. The fourth-order valence-electron chi connectivity index (χ4n) is 4.20. The van der Waals surface area contributed by atoms with Crippen LogP contribution in [-0.4, -0.2) is 55.2 Å². The number of amides is 1. The molecule has 0 aliphatic carbocycles. The molecule has 34 heavy (non-hydrogen) atoms. The van der Waals surface area contributed by atoms with Gasteiger partial charge >= 0.3 is 6.18 Å². The average molecular weight is 475 g/mol. The summed E-state index contributed by atoms with van der Waals surface area (Å²) >= 11 is 0. The van der Waals surface area contributed by atoms with Crippen molar-refractivity contribution < 1.29 is 22.7 Å². The molecule has 2 heterocycles. The molecule has 1 atom stereocenters. The fraction of sp³-hybridized carbons (Fsp3) is 0.480. The maximum atomic E-state index is 13.0. The Morgan fingerprint density at radius 1 is 1.26 bits per heavy atom. The highest BCUT2D eigenvalue weighted by atomic mass is 19.4. The van der Waals surface area contributed by atoms with Crippen LogP contribution in [0.1, 0.15) is 49.9 Å². The first kappa shape index (κ1) is 25.5. The second-order valence-electron chi connectivity index (χ2n) is 8.76. The number of alkyl halides is 3. The van der Waals surface area contributed by atoms with Crippen molar-refractivity contribution in [1.82, 2.24) is 9.88 Å². The minimum absolute atomic E-state index is 0.0156. The van der Waals surface area contributed by atoms with Gasteiger partial charge in [0.05, 0.1) is 29.8 Å². The maximum Gasteiger partial charge on any atom is 0.416 e. The number of rotatable bonds is 6. The lowest BCUT2D eigenvalue weighted by atomic mass is 9.95. The van der Waals surface area contributed by atoms with Crippen LogP contribution in [0.3, 0.4) is 0 Å². The van der Waals surface area contributed by atoms with E-state index in [1.807, 2.05) is 30.6 Å². The summed E-state index contributed by atoms with van der Waals surface area (Å²) in [4.78, 5) is 21.1. The number of benzene rings is 1. The lowest BCUT2D eigenvalue weighted by Gasteiger charge is -2.41. The Balaban J connectivity index is 1.93. The minimum atomic E-state index is -4.41. The van der Waals surface area contributed by atoms with Crippen LogP contribution >= 0.6 is 0 Å². The van der Waals surface area contributed by atoms with Gasteiger partial charge in [-0.05, 0) is 36.6 Å². The molecule has 9 heteroatoms. The van der Waals surface area contributed by atoms with Gasteiger partial charge in [-0.2, -0.15) is 18.4 Å². The van der Waals surface area contributed by atoms with Gasteiger partial charge in [-0.15, -0.1) is 0 Å². The Morgan fingerprint density at radius 3 is 2.47 bits per heavy atom. The zero-order chi connectivity index (χ0) is 25.0. The SMILES string of the molecule is COCCC(=O)N1CCN(c2nc(C(C)C)c(-c3ccc(C(F)(F)F)cc3)cc2C#N)C[C@H]1C. The number of anilines is 1. The molecule has 1 aromatic carbocycles. The number of halogens is 3. The Labute approximate surface area is 197 Å². The van der Waals surface area contributed by atoms with E-state index in [2.05, 4.69) is 6.07 Å². The molecule has 3 rings (SSSR count). The molecule has 0 bridgehead atoms. The van der Waals surface area contributed by atoms with Gasteiger partial charge in [-0.1, -0.05) is 26.0 Å². The first-order valence-electron chi connectivity index (χ1n) is 11.2. The van der Waals surface area contributed by atoms with Gasteiger partial charge < -0.3 is 14.5 Å². The molecule has 2 aromatic rings. The molecular formula is C25H29F3N4O2. The first-order chi connectivity index (χ1) is 16.1. The molecular weight excluding hydrogens is 445 g/mol.